The molecule has 0 spiro atoms. The molecule has 1 N–H and O–H groups in total. The molecule has 186 valence electrons. The molecule has 4 saturated carbocycles. The lowest BCUT2D eigenvalue weighted by Gasteiger charge is -2.71. The Bertz CT molecular complexity index is 874. The van der Waals surface area contributed by atoms with Crippen molar-refractivity contribution in [2.75, 3.05) is 0 Å². The number of aliphatic carboxylic acids is 1. The van der Waals surface area contributed by atoms with Gasteiger partial charge in [0, 0.05) is 11.4 Å². The van der Waals surface area contributed by atoms with Crippen molar-refractivity contribution in [3.63, 3.8) is 0 Å². The van der Waals surface area contributed by atoms with Crippen LogP contribution in [0.5, 0.6) is 0 Å². The van der Waals surface area contributed by atoms with Crippen LogP contribution in [0.25, 0.3) is 0 Å². The van der Waals surface area contributed by atoms with E-state index in [9.17, 15) is 15.0 Å². The minimum absolute atomic E-state index is 0.0385. The third-order valence-electron chi connectivity index (χ3n) is 13.4. The number of fused-ring (bicyclic) bond motifs is 7. The lowest BCUT2D eigenvalue weighted by molar-refractivity contribution is -0.327. The summed E-state index contributed by atoms with van der Waals surface area (Å²) >= 11 is 0. The van der Waals surface area contributed by atoms with Crippen LogP contribution in [0.15, 0.2) is 11.6 Å². The molecule has 33 heavy (non-hydrogen) atoms. The van der Waals surface area contributed by atoms with E-state index in [0.717, 1.165) is 44.9 Å². The number of hydrogen-bond donors (Lipinski definition) is 1. The maximum absolute atomic E-state index is 12.7. The zero-order valence-corrected chi connectivity index (χ0v) is 22.2. The molecule has 4 fully saturated rings. The van der Waals surface area contributed by atoms with Gasteiger partial charge in [-0.3, -0.25) is 0 Å². The van der Waals surface area contributed by atoms with E-state index in [1.54, 1.807) is 0 Å². The van der Waals surface area contributed by atoms with Crippen LogP contribution in [0, 0.1) is 56.7 Å². The van der Waals surface area contributed by atoms with E-state index in [-0.39, 0.29) is 33.7 Å². The fraction of sp³-hybridized carbons (Fsp3) is 0.900. The van der Waals surface area contributed by atoms with Gasteiger partial charge in [-0.25, -0.2) is 0 Å². The van der Waals surface area contributed by atoms with E-state index in [1.807, 2.05) is 0 Å². The highest BCUT2D eigenvalue weighted by atomic mass is 16.4. The largest absolute Gasteiger partial charge is 0.550 e. The number of carbonyl (C=O) groups is 1. The summed E-state index contributed by atoms with van der Waals surface area (Å²) in [5, 5.41) is 23.6. The third kappa shape index (κ3) is 2.75. The normalized spacial score (nSPS) is 55.3. The predicted octanol–water partition coefficient (Wildman–Crippen LogP) is 5.75. The maximum Gasteiger partial charge on any atom is 0.0594 e. The van der Waals surface area contributed by atoms with Crippen LogP contribution in [0.1, 0.15) is 106 Å². The summed E-state index contributed by atoms with van der Waals surface area (Å²) in [5.74, 6) is 1.42. The molecule has 3 heteroatoms. The Balaban J connectivity index is 1.61. The third-order valence-corrected chi connectivity index (χ3v) is 13.4. The van der Waals surface area contributed by atoms with Crippen molar-refractivity contribution in [2.45, 2.75) is 112 Å². The van der Waals surface area contributed by atoms with Crippen molar-refractivity contribution in [2.24, 2.45) is 56.7 Å². The van der Waals surface area contributed by atoms with Gasteiger partial charge in [0.15, 0.2) is 0 Å². The van der Waals surface area contributed by atoms with Crippen LogP contribution in [0.4, 0.5) is 0 Å². The van der Waals surface area contributed by atoms with Gasteiger partial charge in [-0.15, -0.1) is 0 Å². The van der Waals surface area contributed by atoms with Gasteiger partial charge in [-0.05, 0) is 109 Å². The molecular weight excluding hydrogens is 408 g/mol. The standard InChI is InChI=1S/C30H48O3/c1-18-10-15-30(25(32)33)17-16-28(6)20(24(30)19(18)2)8-9-22-27(5)13-12-23(31)26(3,4)21(27)11-14-29(22,28)7/h8,18-19,21-24,31H,9-17H2,1-7H3,(H,32,33)/p-1/t18-,19+,21-,22-,23-,24-,27-,28+,29-,30-/m0/s1. The minimum atomic E-state index is -0.792. The number of carboxylic acids is 1. The number of rotatable bonds is 1. The van der Waals surface area contributed by atoms with E-state index in [2.05, 4.69) is 54.5 Å². The number of carbonyl (C=O) groups excluding carboxylic acids is 1. The Kier molecular flexibility index (Phi) is 5.15. The summed E-state index contributed by atoms with van der Waals surface area (Å²) in [4.78, 5) is 12.7. The molecule has 0 aromatic carbocycles. The molecule has 0 bridgehead atoms. The topological polar surface area (TPSA) is 60.4 Å². The summed E-state index contributed by atoms with van der Waals surface area (Å²) in [7, 11) is 0. The summed E-state index contributed by atoms with van der Waals surface area (Å²) in [6, 6.07) is 0. The molecule has 0 aromatic rings. The van der Waals surface area contributed by atoms with Crippen molar-refractivity contribution in [3.05, 3.63) is 11.6 Å². The lowest BCUT2D eigenvalue weighted by atomic mass is 9.33. The molecule has 0 radical (unpaired) electrons. The first-order chi connectivity index (χ1) is 15.3. The molecule has 0 unspecified atom stereocenters. The first kappa shape index (κ1) is 23.9. The second-order valence-electron chi connectivity index (χ2n) is 14.5. The number of aliphatic hydroxyl groups is 1. The lowest BCUT2D eigenvalue weighted by Crippen LogP contribution is -2.66. The van der Waals surface area contributed by atoms with Crippen LogP contribution in [0.3, 0.4) is 0 Å². The van der Waals surface area contributed by atoms with E-state index < -0.39 is 11.4 Å². The maximum atomic E-state index is 12.7. The van der Waals surface area contributed by atoms with Crippen molar-refractivity contribution in [1.82, 2.24) is 0 Å². The zero-order chi connectivity index (χ0) is 24.2. The molecule has 0 amide bonds. The van der Waals surface area contributed by atoms with Gasteiger partial charge in [0.1, 0.15) is 0 Å². The first-order valence-electron chi connectivity index (χ1n) is 13.9. The second kappa shape index (κ2) is 7.11. The highest BCUT2D eigenvalue weighted by Crippen LogP contribution is 2.75. The van der Waals surface area contributed by atoms with Gasteiger partial charge in [0.25, 0.3) is 0 Å². The van der Waals surface area contributed by atoms with Gasteiger partial charge >= 0.3 is 0 Å². The Morgan fingerprint density at radius 1 is 0.939 bits per heavy atom. The molecule has 5 aliphatic rings. The first-order valence-corrected chi connectivity index (χ1v) is 13.9. The van der Waals surface area contributed by atoms with Gasteiger partial charge in [0.05, 0.1) is 6.10 Å². The summed E-state index contributed by atoms with van der Waals surface area (Å²) in [5.41, 5.74) is 1.24. The van der Waals surface area contributed by atoms with E-state index in [1.165, 1.54) is 18.4 Å². The number of carboxylic acid groups (broad SMARTS) is 1. The van der Waals surface area contributed by atoms with Crippen molar-refractivity contribution < 1.29 is 15.0 Å². The zero-order valence-electron chi connectivity index (χ0n) is 22.2. The molecule has 0 aliphatic heterocycles. The fourth-order valence-corrected chi connectivity index (χ4v) is 10.8. The molecule has 5 aliphatic carbocycles. The van der Waals surface area contributed by atoms with E-state index >= 15 is 0 Å². The molecule has 10 atom stereocenters. The number of allylic oxidation sites excluding steroid dienone is 2. The van der Waals surface area contributed by atoms with E-state index in [0.29, 0.717) is 23.7 Å². The highest BCUT2D eigenvalue weighted by molar-refractivity contribution is 5.74. The number of hydrogen-bond acceptors (Lipinski definition) is 3. The van der Waals surface area contributed by atoms with Crippen LogP contribution >= 0.6 is 0 Å². The molecule has 0 saturated heterocycles. The summed E-state index contributed by atoms with van der Waals surface area (Å²) in [6.45, 7) is 16.8. The summed E-state index contributed by atoms with van der Waals surface area (Å²) in [6.07, 6.45) is 11.3. The van der Waals surface area contributed by atoms with Gasteiger partial charge in [0.2, 0.25) is 0 Å². The number of aliphatic hydroxyl groups excluding tert-OH is 1. The van der Waals surface area contributed by atoms with Crippen LogP contribution in [-0.2, 0) is 4.79 Å². The average Bonchev–Trinajstić information content (AvgIpc) is 2.74. The Morgan fingerprint density at radius 3 is 2.30 bits per heavy atom. The molecular formula is C30H47O3-. The van der Waals surface area contributed by atoms with E-state index in [4.69, 9.17) is 0 Å². The summed E-state index contributed by atoms with van der Waals surface area (Å²) < 4.78 is 0. The van der Waals surface area contributed by atoms with Gasteiger partial charge in [-0.1, -0.05) is 60.1 Å². The molecule has 0 heterocycles. The predicted molar refractivity (Wildman–Crippen MR) is 130 cm³/mol. The van der Waals surface area contributed by atoms with Crippen molar-refractivity contribution in [1.29, 1.82) is 0 Å². The fourth-order valence-electron chi connectivity index (χ4n) is 10.8. The highest BCUT2D eigenvalue weighted by Gasteiger charge is 2.68. The molecule has 0 aromatic heterocycles. The van der Waals surface area contributed by atoms with Crippen molar-refractivity contribution >= 4 is 5.97 Å². The molecule has 3 nitrogen and oxygen atoms in total. The Labute approximate surface area is 201 Å². The smallest absolute Gasteiger partial charge is 0.0594 e. The van der Waals surface area contributed by atoms with Crippen molar-refractivity contribution in [3.8, 4) is 0 Å². The SMILES string of the molecule is C[C@H]1[C@H]2C3=CC[C@H]4[C@@]5(C)CC[C@H](O)C(C)(C)[C@@H]5CC[C@]4(C)[C@]3(C)CC[C@@]2(C(=O)[O-])CC[C@@H]1C. The molecule has 5 rings (SSSR count). The van der Waals surface area contributed by atoms with Crippen LogP contribution in [0.2, 0.25) is 0 Å². The quantitative estimate of drug-likeness (QED) is 0.512. The Hall–Kier alpha value is -0.830. The average molecular weight is 456 g/mol. The Morgan fingerprint density at radius 2 is 1.64 bits per heavy atom. The van der Waals surface area contributed by atoms with Gasteiger partial charge < -0.3 is 15.0 Å². The van der Waals surface area contributed by atoms with Crippen LogP contribution < -0.4 is 5.11 Å². The second-order valence-corrected chi connectivity index (χ2v) is 14.5. The van der Waals surface area contributed by atoms with Gasteiger partial charge in [-0.2, -0.15) is 0 Å². The van der Waals surface area contributed by atoms with Crippen LogP contribution in [-0.4, -0.2) is 17.2 Å². The minimum Gasteiger partial charge on any atom is -0.550 e. The monoisotopic (exact) mass is 455 g/mol.